The second-order valence-electron chi connectivity index (χ2n) is 8.31. The quantitative estimate of drug-likeness (QED) is 0.588. The molecule has 0 radical (unpaired) electrons. The van der Waals surface area contributed by atoms with E-state index in [4.69, 9.17) is 0 Å². The van der Waals surface area contributed by atoms with E-state index < -0.39 is 17.5 Å². The van der Waals surface area contributed by atoms with Gasteiger partial charge in [-0.15, -0.1) is 0 Å². The third-order valence-electron chi connectivity index (χ3n) is 5.80. The molecule has 0 unspecified atom stereocenters. The van der Waals surface area contributed by atoms with Crippen LogP contribution in [-0.4, -0.2) is 66.3 Å². The largest absolute Gasteiger partial charge is 0.346 e. The topological polar surface area (TPSA) is 81.8 Å². The first kappa shape index (κ1) is 25.3. The lowest BCUT2D eigenvalue weighted by molar-refractivity contribution is -0.125. The molecule has 0 atom stereocenters. The fourth-order valence-electron chi connectivity index (χ4n) is 4.07. The summed E-state index contributed by atoms with van der Waals surface area (Å²) in [6, 6.07) is 12.4. The summed E-state index contributed by atoms with van der Waals surface area (Å²) in [7, 11) is 0. The molecule has 7 nitrogen and oxygen atoms in total. The molecule has 1 fully saturated rings. The summed E-state index contributed by atoms with van der Waals surface area (Å²) in [5.41, 5.74) is 0.787. The second kappa shape index (κ2) is 12.2. The number of halogens is 2. The number of rotatable bonds is 9. The molecule has 1 saturated heterocycles. The van der Waals surface area contributed by atoms with Crippen LogP contribution in [0.2, 0.25) is 0 Å². The third-order valence-corrected chi connectivity index (χ3v) is 5.80. The number of nitrogens with zero attached hydrogens (tertiary/aromatic N) is 2. The molecule has 2 aromatic carbocycles. The van der Waals surface area contributed by atoms with Gasteiger partial charge < -0.3 is 15.5 Å². The van der Waals surface area contributed by atoms with E-state index in [0.29, 0.717) is 18.7 Å². The highest BCUT2D eigenvalue weighted by Gasteiger charge is 2.28. The smallest absolute Gasteiger partial charge is 0.253 e. The normalized spacial score (nSPS) is 14.2. The van der Waals surface area contributed by atoms with E-state index in [1.165, 1.54) is 6.07 Å². The van der Waals surface area contributed by atoms with E-state index in [2.05, 4.69) is 15.5 Å². The molecule has 0 aromatic heterocycles. The molecule has 2 N–H and O–H groups in total. The highest BCUT2D eigenvalue weighted by molar-refractivity contribution is 5.95. The number of hydrogen-bond acceptors (Lipinski definition) is 4. The van der Waals surface area contributed by atoms with Gasteiger partial charge in [0.05, 0.1) is 13.1 Å². The summed E-state index contributed by atoms with van der Waals surface area (Å²) in [5, 5.41) is 5.00. The minimum absolute atomic E-state index is 0.0193. The number of likely N-dealkylation sites (tertiary alicyclic amines) is 1. The Hall–Kier alpha value is -3.33. The first-order valence-corrected chi connectivity index (χ1v) is 11.5. The molecule has 2 aromatic rings. The fourth-order valence-corrected chi connectivity index (χ4v) is 4.07. The zero-order valence-corrected chi connectivity index (χ0v) is 19.2. The predicted octanol–water partition coefficient (Wildman–Crippen LogP) is 3.04. The van der Waals surface area contributed by atoms with E-state index in [0.717, 1.165) is 37.9 Å². The van der Waals surface area contributed by atoms with Gasteiger partial charge in [-0.25, -0.2) is 8.78 Å². The molecule has 1 aliphatic heterocycles. The molecule has 0 aliphatic carbocycles. The first-order valence-electron chi connectivity index (χ1n) is 11.5. The van der Waals surface area contributed by atoms with Crippen LogP contribution in [0.3, 0.4) is 0 Å². The van der Waals surface area contributed by atoms with Crippen LogP contribution >= 0.6 is 0 Å². The molecular formula is C25H30F2N4O3. The van der Waals surface area contributed by atoms with Crippen molar-refractivity contribution >= 4 is 23.4 Å². The van der Waals surface area contributed by atoms with Crippen LogP contribution in [0.25, 0.3) is 0 Å². The SMILES string of the molecule is CCCN(CC(=O)NCC(=O)Nc1ccc(F)c(F)c1)C1CCN(C(=O)c2ccccc2)CC1. The Balaban J connectivity index is 1.45. The van der Waals surface area contributed by atoms with Gasteiger partial charge in [0, 0.05) is 36.4 Å². The monoisotopic (exact) mass is 472 g/mol. The van der Waals surface area contributed by atoms with Crippen molar-refractivity contribution in [3.63, 3.8) is 0 Å². The van der Waals surface area contributed by atoms with Gasteiger partial charge in [-0.1, -0.05) is 25.1 Å². The molecule has 182 valence electrons. The fraction of sp³-hybridized carbons (Fsp3) is 0.400. The van der Waals surface area contributed by atoms with Crippen molar-refractivity contribution < 1.29 is 23.2 Å². The highest BCUT2D eigenvalue weighted by atomic mass is 19.2. The highest BCUT2D eigenvalue weighted by Crippen LogP contribution is 2.19. The number of anilines is 1. The Morgan fingerprint density at radius 2 is 1.71 bits per heavy atom. The lowest BCUT2D eigenvalue weighted by Gasteiger charge is -2.38. The Labute approximate surface area is 198 Å². The summed E-state index contributed by atoms with van der Waals surface area (Å²) >= 11 is 0. The number of piperidine rings is 1. The van der Waals surface area contributed by atoms with Gasteiger partial charge >= 0.3 is 0 Å². The van der Waals surface area contributed by atoms with Crippen LogP contribution in [0, 0.1) is 11.6 Å². The van der Waals surface area contributed by atoms with Gasteiger partial charge in [0.1, 0.15) is 0 Å². The van der Waals surface area contributed by atoms with Crippen LogP contribution in [0.1, 0.15) is 36.5 Å². The Bertz CT molecular complexity index is 995. The predicted molar refractivity (Wildman–Crippen MR) is 125 cm³/mol. The van der Waals surface area contributed by atoms with Gasteiger partial charge in [-0.3, -0.25) is 19.3 Å². The molecule has 0 bridgehead atoms. The third kappa shape index (κ3) is 7.08. The summed E-state index contributed by atoms with van der Waals surface area (Å²) < 4.78 is 26.3. The summed E-state index contributed by atoms with van der Waals surface area (Å²) in [6.45, 7) is 3.87. The molecule has 3 rings (SSSR count). The van der Waals surface area contributed by atoms with Gasteiger partial charge in [-0.2, -0.15) is 0 Å². The van der Waals surface area contributed by atoms with Crippen molar-refractivity contribution in [1.82, 2.24) is 15.1 Å². The molecular weight excluding hydrogens is 442 g/mol. The maximum Gasteiger partial charge on any atom is 0.253 e. The molecule has 9 heteroatoms. The zero-order valence-electron chi connectivity index (χ0n) is 19.2. The van der Waals surface area contributed by atoms with Crippen molar-refractivity contribution in [1.29, 1.82) is 0 Å². The van der Waals surface area contributed by atoms with Gasteiger partial charge in [0.2, 0.25) is 11.8 Å². The average molecular weight is 473 g/mol. The maximum atomic E-state index is 13.3. The number of benzene rings is 2. The van der Waals surface area contributed by atoms with E-state index in [1.807, 2.05) is 42.2 Å². The number of hydrogen-bond donors (Lipinski definition) is 2. The minimum atomic E-state index is -1.06. The molecule has 34 heavy (non-hydrogen) atoms. The number of nitrogens with one attached hydrogen (secondary N) is 2. The average Bonchev–Trinajstić information content (AvgIpc) is 2.85. The summed E-state index contributed by atoms with van der Waals surface area (Å²) in [4.78, 5) is 41.1. The van der Waals surface area contributed by atoms with Gasteiger partial charge in [-0.05, 0) is 50.1 Å². The van der Waals surface area contributed by atoms with E-state index in [-0.39, 0.29) is 36.6 Å². The van der Waals surface area contributed by atoms with Crippen LogP contribution in [0.5, 0.6) is 0 Å². The van der Waals surface area contributed by atoms with Crippen LogP contribution in [0.4, 0.5) is 14.5 Å². The number of carbonyl (C=O) groups excluding carboxylic acids is 3. The minimum Gasteiger partial charge on any atom is -0.346 e. The number of amides is 3. The van der Waals surface area contributed by atoms with Crippen LogP contribution < -0.4 is 10.6 Å². The van der Waals surface area contributed by atoms with Crippen LogP contribution in [0.15, 0.2) is 48.5 Å². The molecule has 0 saturated carbocycles. The van der Waals surface area contributed by atoms with Crippen molar-refractivity contribution in [2.24, 2.45) is 0 Å². The molecule has 1 heterocycles. The van der Waals surface area contributed by atoms with Crippen molar-refractivity contribution in [2.75, 3.05) is 38.0 Å². The Morgan fingerprint density at radius 3 is 2.35 bits per heavy atom. The zero-order chi connectivity index (χ0) is 24.5. The Morgan fingerprint density at radius 1 is 1.00 bits per heavy atom. The van der Waals surface area contributed by atoms with Crippen LogP contribution in [-0.2, 0) is 9.59 Å². The first-order chi connectivity index (χ1) is 16.4. The van der Waals surface area contributed by atoms with Crippen molar-refractivity contribution in [3.8, 4) is 0 Å². The van der Waals surface area contributed by atoms with E-state index in [1.54, 1.807) is 0 Å². The molecule has 0 spiro atoms. The lowest BCUT2D eigenvalue weighted by atomic mass is 10.0. The molecule has 1 aliphatic rings. The summed E-state index contributed by atoms with van der Waals surface area (Å²) in [5.74, 6) is -2.87. The standard InChI is InChI=1S/C25H30F2N4O3/c1-2-12-31(20-10-13-30(14-11-20)25(34)18-6-4-3-5-7-18)17-24(33)28-16-23(32)29-19-8-9-21(26)22(27)15-19/h3-9,15,20H,2,10-14,16-17H2,1H3,(H,28,33)(H,29,32). The molecule has 3 amide bonds. The van der Waals surface area contributed by atoms with E-state index in [9.17, 15) is 23.2 Å². The Kier molecular flexibility index (Phi) is 9.09. The lowest BCUT2D eigenvalue weighted by Crippen LogP contribution is -2.50. The van der Waals surface area contributed by atoms with Gasteiger partial charge in [0.15, 0.2) is 11.6 Å². The van der Waals surface area contributed by atoms with E-state index >= 15 is 0 Å². The maximum absolute atomic E-state index is 13.3. The van der Waals surface area contributed by atoms with Crippen molar-refractivity contribution in [3.05, 3.63) is 65.7 Å². The number of carbonyl (C=O) groups is 3. The second-order valence-corrected chi connectivity index (χ2v) is 8.31. The van der Waals surface area contributed by atoms with Gasteiger partial charge in [0.25, 0.3) is 5.91 Å². The summed E-state index contributed by atoms with van der Waals surface area (Å²) in [6.07, 6.45) is 2.40. The van der Waals surface area contributed by atoms with Crippen molar-refractivity contribution in [2.45, 2.75) is 32.2 Å².